The van der Waals surface area contributed by atoms with Crippen molar-refractivity contribution in [3.05, 3.63) is 23.9 Å². The summed E-state index contributed by atoms with van der Waals surface area (Å²) in [5.74, 6) is 1.31. The van der Waals surface area contributed by atoms with E-state index in [-0.39, 0.29) is 0 Å². The van der Waals surface area contributed by atoms with E-state index in [4.69, 9.17) is 4.74 Å². The van der Waals surface area contributed by atoms with Gasteiger partial charge in [0.15, 0.2) is 0 Å². The molecule has 0 spiro atoms. The molecule has 1 aromatic heterocycles. The maximum atomic E-state index is 5.12. The van der Waals surface area contributed by atoms with E-state index in [0.717, 1.165) is 25.3 Å². The minimum Gasteiger partial charge on any atom is -0.481 e. The minimum atomic E-state index is 0.635. The summed E-state index contributed by atoms with van der Waals surface area (Å²) in [5, 5.41) is 3.19. The summed E-state index contributed by atoms with van der Waals surface area (Å²) in [4.78, 5) is 6.69. The molecule has 1 unspecified atom stereocenters. The molecule has 1 heterocycles. The first-order valence-corrected chi connectivity index (χ1v) is 5.98. The van der Waals surface area contributed by atoms with Crippen molar-refractivity contribution in [3.63, 3.8) is 0 Å². The zero-order valence-corrected chi connectivity index (χ0v) is 11.2. The lowest BCUT2D eigenvalue weighted by atomic mass is 10.1. The van der Waals surface area contributed by atoms with Gasteiger partial charge in [0.1, 0.15) is 0 Å². The zero-order valence-electron chi connectivity index (χ0n) is 11.2. The molecule has 0 aliphatic carbocycles. The van der Waals surface area contributed by atoms with Crippen molar-refractivity contribution in [2.75, 3.05) is 34.3 Å². The van der Waals surface area contributed by atoms with Crippen LogP contribution in [0.25, 0.3) is 0 Å². The third-order valence-electron chi connectivity index (χ3n) is 2.60. The van der Waals surface area contributed by atoms with Crippen LogP contribution in [-0.2, 0) is 6.54 Å². The van der Waals surface area contributed by atoms with Crippen molar-refractivity contribution >= 4 is 0 Å². The molecule has 96 valence electrons. The third kappa shape index (κ3) is 5.15. The largest absolute Gasteiger partial charge is 0.481 e. The molecule has 0 fully saturated rings. The Morgan fingerprint density at radius 1 is 1.47 bits per heavy atom. The fourth-order valence-electron chi connectivity index (χ4n) is 1.95. The lowest BCUT2D eigenvalue weighted by Gasteiger charge is -2.20. The predicted molar refractivity (Wildman–Crippen MR) is 70.2 cm³/mol. The number of aromatic nitrogens is 1. The van der Waals surface area contributed by atoms with E-state index in [1.165, 1.54) is 0 Å². The van der Waals surface area contributed by atoms with Crippen LogP contribution in [0.2, 0.25) is 0 Å². The highest BCUT2D eigenvalue weighted by molar-refractivity contribution is 5.15. The summed E-state index contributed by atoms with van der Waals surface area (Å²) in [6.07, 6.45) is 0. The molecule has 0 amide bonds. The number of nitrogens with zero attached hydrogens (tertiary/aromatic N) is 2. The average Bonchev–Trinajstić information content (AvgIpc) is 2.29. The zero-order chi connectivity index (χ0) is 12.7. The quantitative estimate of drug-likeness (QED) is 0.777. The molecule has 0 bridgehead atoms. The van der Waals surface area contributed by atoms with Gasteiger partial charge in [0.05, 0.1) is 12.8 Å². The molecule has 17 heavy (non-hydrogen) atoms. The van der Waals surface area contributed by atoms with E-state index in [9.17, 15) is 0 Å². The van der Waals surface area contributed by atoms with Gasteiger partial charge in [-0.25, -0.2) is 4.98 Å². The fourth-order valence-corrected chi connectivity index (χ4v) is 1.95. The van der Waals surface area contributed by atoms with E-state index in [2.05, 4.69) is 29.2 Å². The molecule has 4 nitrogen and oxygen atoms in total. The number of hydrogen-bond donors (Lipinski definition) is 1. The van der Waals surface area contributed by atoms with Crippen LogP contribution < -0.4 is 10.1 Å². The monoisotopic (exact) mass is 237 g/mol. The summed E-state index contributed by atoms with van der Waals surface area (Å²) in [5.41, 5.74) is 1.04. The summed E-state index contributed by atoms with van der Waals surface area (Å²) in [6, 6.07) is 5.88. The summed E-state index contributed by atoms with van der Waals surface area (Å²) in [6.45, 7) is 5.19. The van der Waals surface area contributed by atoms with Gasteiger partial charge in [-0.15, -0.1) is 0 Å². The second kappa shape index (κ2) is 7.25. The normalized spacial score (nSPS) is 12.8. The Kier molecular flexibility index (Phi) is 5.94. The van der Waals surface area contributed by atoms with Gasteiger partial charge in [0, 0.05) is 19.2 Å². The molecular weight excluding hydrogens is 214 g/mol. The highest BCUT2D eigenvalue weighted by Gasteiger charge is 2.07. The molecule has 1 atom stereocenters. The van der Waals surface area contributed by atoms with Gasteiger partial charge in [0.2, 0.25) is 5.88 Å². The Labute approximate surface area is 104 Å². The third-order valence-corrected chi connectivity index (χ3v) is 2.60. The van der Waals surface area contributed by atoms with E-state index < -0.39 is 0 Å². The Hall–Kier alpha value is -1.13. The number of methoxy groups -OCH3 is 1. The smallest absolute Gasteiger partial charge is 0.213 e. The van der Waals surface area contributed by atoms with Crippen LogP contribution in [0.1, 0.15) is 12.6 Å². The van der Waals surface area contributed by atoms with Crippen molar-refractivity contribution in [1.29, 1.82) is 0 Å². The van der Waals surface area contributed by atoms with Crippen molar-refractivity contribution in [1.82, 2.24) is 15.2 Å². The first-order chi connectivity index (χ1) is 8.15. The van der Waals surface area contributed by atoms with Crippen LogP contribution in [0.3, 0.4) is 0 Å². The lowest BCUT2D eigenvalue weighted by molar-refractivity contribution is 0.272. The van der Waals surface area contributed by atoms with Gasteiger partial charge in [0.25, 0.3) is 0 Å². The molecule has 0 aromatic carbocycles. The van der Waals surface area contributed by atoms with Crippen LogP contribution in [0.5, 0.6) is 5.88 Å². The fraction of sp³-hybridized carbons (Fsp3) is 0.615. The van der Waals surface area contributed by atoms with Crippen molar-refractivity contribution in [2.24, 2.45) is 5.92 Å². The second-order valence-electron chi connectivity index (χ2n) is 4.53. The van der Waals surface area contributed by atoms with Crippen molar-refractivity contribution in [3.8, 4) is 5.88 Å². The van der Waals surface area contributed by atoms with E-state index in [0.29, 0.717) is 11.8 Å². The average molecular weight is 237 g/mol. The van der Waals surface area contributed by atoms with Gasteiger partial charge in [-0.2, -0.15) is 0 Å². The first-order valence-electron chi connectivity index (χ1n) is 5.98. The van der Waals surface area contributed by atoms with E-state index >= 15 is 0 Å². The van der Waals surface area contributed by atoms with Gasteiger partial charge >= 0.3 is 0 Å². The van der Waals surface area contributed by atoms with Crippen LogP contribution >= 0.6 is 0 Å². The Balaban J connectivity index is 2.46. The summed E-state index contributed by atoms with van der Waals surface area (Å²) in [7, 11) is 5.75. The number of nitrogens with one attached hydrogen (secondary N) is 1. The Morgan fingerprint density at radius 3 is 2.88 bits per heavy atom. The van der Waals surface area contributed by atoms with Crippen LogP contribution in [0.15, 0.2) is 18.2 Å². The molecule has 0 saturated heterocycles. The van der Waals surface area contributed by atoms with Gasteiger partial charge < -0.3 is 15.0 Å². The van der Waals surface area contributed by atoms with Crippen LogP contribution in [0, 0.1) is 5.92 Å². The van der Waals surface area contributed by atoms with Crippen LogP contribution in [-0.4, -0.2) is 44.2 Å². The Bertz CT molecular complexity index is 330. The summed E-state index contributed by atoms with van der Waals surface area (Å²) < 4.78 is 5.12. The topological polar surface area (TPSA) is 37.4 Å². The molecule has 1 aromatic rings. The van der Waals surface area contributed by atoms with Crippen LogP contribution in [0.4, 0.5) is 0 Å². The standard InChI is InChI=1S/C13H23N3O/c1-11(8-14-2)9-16(3)10-12-6-5-7-13(15-12)17-4/h5-7,11,14H,8-10H2,1-4H3. The van der Waals surface area contributed by atoms with Gasteiger partial charge in [-0.1, -0.05) is 13.0 Å². The summed E-state index contributed by atoms with van der Waals surface area (Å²) >= 11 is 0. The van der Waals surface area contributed by atoms with E-state index in [1.54, 1.807) is 7.11 Å². The van der Waals surface area contributed by atoms with Gasteiger partial charge in [-0.05, 0) is 32.6 Å². The molecule has 1 N–H and O–H groups in total. The highest BCUT2D eigenvalue weighted by atomic mass is 16.5. The molecular formula is C13H23N3O. The molecule has 0 aliphatic rings. The van der Waals surface area contributed by atoms with E-state index in [1.807, 2.05) is 25.2 Å². The SMILES string of the molecule is CNCC(C)CN(C)Cc1cccc(OC)n1. The van der Waals surface area contributed by atoms with Crippen molar-refractivity contribution in [2.45, 2.75) is 13.5 Å². The highest BCUT2D eigenvalue weighted by Crippen LogP contribution is 2.09. The van der Waals surface area contributed by atoms with Gasteiger partial charge in [-0.3, -0.25) is 0 Å². The van der Waals surface area contributed by atoms with Crippen molar-refractivity contribution < 1.29 is 4.74 Å². The minimum absolute atomic E-state index is 0.635. The first kappa shape index (κ1) is 13.9. The molecule has 1 rings (SSSR count). The number of ether oxygens (including phenoxy) is 1. The predicted octanol–water partition coefficient (Wildman–Crippen LogP) is 1.38. The second-order valence-corrected chi connectivity index (χ2v) is 4.53. The number of pyridine rings is 1. The molecule has 4 heteroatoms. The Morgan fingerprint density at radius 2 is 2.24 bits per heavy atom. The molecule has 0 saturated carbocycles. The number of hydrogen-bond acceptors (Lipinski definition) is 4. The lowest BCUT2D eigenvalue weighted by Crippen LogP contribution is -2.29. The number of rotatable bonds is 7. The maximum absolute atomic E-state index is 5.12. The maximum Gasteiger partial charge on any atom is 0.213 e. The molecule has 0 radical (unpaired) electrons. The molecule has 0 aliphatic heterocycles.